The molecule has 1 aliphatic carbocycles. The van der Waals surface area contributed by atoms with Gasteiger partial charge in [-0.2, -0.15) is 11.3 Å². The molecule has 1 unspecified atom stereocenters. The highest BCUT2D eigenvalue weighted by Gasteiger charge is 2.34. The van der Waals surface area contributed by atoms with Crippen molar-refractivity contribution in [3.63, 3.8) is 0 Å². The molecule has 0 saturated heterocycles. The minimum absolute atomic E-state index is 0.657. The third-order valence-electron chi connectivity index (χ3n) is 3.63. The van der Waals surface area contributed by atoms with Crippen molar-refractivity contribution < 1.29 is 5.11 Å². The van der Waals surface area contributed by atoms with E-state index >= 15 is 0 Å². The first-order valence-corrected chi connectivity index (χ1v) is 7.04. The lowest BCUT2D eigenvalue weighted by Crippen LogP contribution is -2.32. The quantitative estimate of drug-likeness (QED) is 0.857. The Morgan fingerprint density at radius 1 is 1.24 bits per heavy atom. The Labute approximate surface area is 106 Å². The lowest BCUT2D eigenvalue weighted by atomic mass is 9.76. The molecule has 1 atom stereocenters. The van der Waals surface area contributed by atoms with Gasteiger partial charge in [0.05, 0.1) is 5.60 Å². The molecule has 0 fully saturated rings. The molecular formula is C15H16OS. The fourth-order valence-electron chi connectivity index (χ4n) is 2.81. The van der Waals surface area contributed by atoms with Crippen molar-refractivity contribution >= 4 is 11.3 Å². The topological polar surface area (TPSA) is 20.2 Å². The van der Waals surface area contributed by atoms with Crippen molar-refractivity contribution in [2.75, 3.05) is 0 Å². The summed E-state index contributed by atoms with van der Waals surface area (Å²) in [5.41, 5.74) is 3.04. The van der Waals surface area contributed by atoms with Crippen LogP contribution in [0, 0.1) is 0 Å². The summed E-state index contributed by atoms with van der Waals surface area (Å²) >= 11 is 1.70. The van der Waals surface area contributed by atoms with Gasteiger partial charge in [-0.25, -0.2) is 0 Å². The first kappa shape index (κ1) is 11.0. The summed E-state index contributed by atoms with van der Waals surface area (Å²) in [4.78, 5) is 0. The molecular weight excluding hydrogens is 228 g/mol. The second-order valence-electron chi connectivity index (χ2n) is 4.85. The van der Waals surface area contributed by atoms with Crippen LogP contribution in [0.3, 0.4) is 0 Å². The summed E-state index contributed by atoms with van der Waals surface area (Å²) in [5, 5.41) is 15.1. The van der Waals surface area contributed by atoms with Gasteiger partial charge < -0.3 is 5.11 Å². The SMILES string of the molecule is OC1(Cc2ccsc2)CCCc2ccccc21. The zero-order chi connectivity index (χ0) is 11.7. The van der Waals surface area contributed by atoms with Gasteiger partial charge in [-0.1, -0.05) is 24.3 Å². The third kappa shape index (κ3) is 2.03. The van der Waals surface area contributed by atoms with Crippen LogP contribution in [0.5, 0.6) is 0 Å². The smallest absolute Gasteiger partial charge is 0.0939 e. The molecule has 0 aliphatic heterocycles. The van der Waals surface area contributed by atoms with E-state index in [1.807, 2.05) is 6.07 Å². The molecule has 0 bridgehead atoms. The van der Waals surface area contributed by atoms with Gasteiger partial charge in [-0.05, 0) is 52.8 Å². The minimum Gasteiger partial charge on any atom is -0.385 e. The summed E-state index contributed by atoms with van der Waals surface area (Å²) in [7, 11) is 0. The average Bonchev–Trinajstić information content (AvgIpc) is 2.82. The average molecular weight is 244 g/mol. The van der Waals surface area contributed by atoms with Crippen molar-refractivity contribution in [2.24, 2.45) is 0 Å². The van der Waals surface area contributed by atoms with E-state index in [0.29, 0.717) is 0 Å². The zero-order valence-corrected chi connectivity index (χ0v) is 10.5. The minimum atomic E-state index is -0.657. The van der Waals surface area contributed by atoms with Gasteiger partial charge in [0.2, 0.25) is 0 Å². The molecule has 0 spiro atoms. The van der Waals surface area contributed by atoms with Crippen molar-refractivity contribution in [3.05, 3.63) is 57.8 Å². The van der Waals surface area contributed by atoms with Crippen LogP contribution in [-0.2, 0) is 18.4 Å². The Balaban J connectivity index is 1.98. The predicted molar refractivity (Wildman–Crippen MR) is 71.3 cm³/mol. The van der Waals surface area contributed by atoms with Crippen LogP contribution in [0.1, 0.15) is 29.5 Å². The van der Waals surface area contributed by atoms with E-state index in [1.165, 1.54) is 11.1 Å². The maximum absolute atomic E-state index is 10.9. The number of fused-ring (bicyclic) bond motifs is 1. The van der Waals surface area contributed by atoms with Gasteiger partial charge in [-0.15, -0.1) is 0 Å². The highest BCUT2D eigenvalue weighted by Crippen LogP contribution is 2.37. The lowest BCUT2D eigenvalue weighted by Gasteiger charge is -2.34. The lowest BCUT2D eigenvalue weighted by molar-refractivity contribution is 0.0191. The highest BCUT2D eigenvalue weighted by molar-refractivity contribution is 7.07. The summed E-state index contributed by atoms with van der Waals surface area (Å²) in [6.07, 6.45) is 3.80. The molecule has 0 saturated carbocycles. The number of hydrogen-bond acceptors (Lipinski definition) is 2. The van der Waals surface area contributed by atoms with Crippen molar-refractivity contribution in [1.82, 2.24) is 0 Å². The number of benzene rings is 1. The Bertz CT molecular complexity index is 503. The predicted octanol–water partition coefficient (Wildman–Crippen LogP) is 3.51. The van der Waals surface area contributed by atoms with Crippen LogP contribution in [0.4, 0.5) is 0 Å². The monoisotopic (exact) mass is 244 g/mol. The number of hydrogen-bond donors (Lipinski definition) is 1. The van der Waals surface area contributed by atoms with Crippen LogP contribution in [0.15, 0.2) is 41.1 Å². The molecule has 1 nitrogen and oxygen atoms in total. The van der Waals surface area contributed by atoms with Crippen molar-refractivity contribution in [1.29, 1.82) is 0 Å². The Kier molecular flexibility index (Phi) is 2.77. The molecule has 1 aromatic heterocycles. The van der Waals surface area contributed by atoms with Gasteiger partial charge in [0.1, 0.15) is 0 Å². The van der Waals surface area contributed by atoms with Crippen LogP contribution >= 0.6 is 11.3 Å². The molecule has 1 N–H and O–H groups in total. The fourth-order valence-corrected chi connectivity index (χ4v) is 3.48. The second kappa shape index (κ2) is 4.28. The fraction of sp³-hybridized carbons (Fsp3) is 0.333. The first-order valence-electron chi connectivity index (χ1n) is 6.10. The van der Waals surface area contributed by atoms with E-state index in [0.717, 1.165) is 31.2 Å². The van der Waals surface area contributed by atoms with Crippen molar-refractivity contribution in [3.8, 4) is 0 Å². The standard InChI is InChI=1S/C15H16OS/c16-15(10-12-7-9-17-11-12)8-3-5-13-4-1-2-6-14(13)15/h1-2,4,6-7,9,11,16H,3,5,8,10H2. The maximum atomic E-state index is 10.9. The molecule has 0 radical (unpaired) electrons. The summed E-state index contributed by atoms with van der Waals surface area (Å²) < 4.78 is 0. The van der Waals surface area contributed by atoms with Gasteiger partial charge >= 0.3 is 0 Å². The van der Waals surface area contributed by atoms with Crippen LogP contribution in [-0.4, -0.2) is 5.11 Å². The molecule has 2 aromatic rings. The summed E-state index contributed by atoms with van der Waals surface area (Å²) in [5.74, 6) is 0. The van der Waals surface area contributed by atoms with E-state index in [9.17, 15) is 5.11 Å². The van der Waals surface area contributed by atoms with Gasteiger partial charge in [0, 0.05) is 6.42 Å². The molecule has 17 heavy (non-hydrogen) atoms. The van der Waals surface area contributed by atoms with E-state index in [4.69, 9.17) is 0 Å². The second-order valence-corrected chi connectivity index (χ2v) is 5.63. The van der Waals surface area contributed by atoms with Crippen LogP contribution in [0.2, 0.25) is 0 Å². The van der Waals surface area contributed by atoms with E-state index < -0.39 is 5.60 Å². The molecule has 1 aromatic carbocycles. The Morgan fingerprint density at radius 3 is 2.94 bits per heavy atom. The van der Waals surface area contributed by atoms with Gasteiger partial charge in [-0.3, -0.25) is 0 Å². The molecule has 88 valence electrons. The number of aryl methyl sites for hydroxylation is 1. The number of rotatable bonds is 2. The third-order valence-corrected chi connectivity index (χ3v) is 4.36. The Hall–Kier alpha value is -1.12. The number of aliphatic hydroxyl groups is 1. The largest absolute Gasteiger partial charge is 0.385 e. The van der Waals surface area contributed by atoms with Crippen molar-refractivity contribution in [2.45, 2.75) is 31.3 Å². The van der Waals surface area contributed by atoms with Gasteiger partial charge in [0.25, 0.3) is 0 Å². The first-order chi connectivity index (χ1) is 8.28. The van der Waals surface area contributed by atoms with Crippen LogP contribution in [0.25, 0.3) is 0 Å². The molecule has 0 amide bonds. The zero-order valence-electron chi connectivity index (χ0n) is 9.73. The number of thiophene rings is 1. The Morgan fingerprint density at radius 2 is 2.12 bits per heavy atom. The molecule has 1 heterocycles. The molecule has 3 rings (SSSR count). The van der Waals surface area contributed by atoms with E-state index in [2.05, 4.69) is 35.0 Å². The molecule has 1 aliphatic rings. The van der Waals surface area contributed by atoms with Gasteiger partial charge in [0.15, 0.2) is 0 Å². The highest BCUT2D eigenvalue weighted by atomic mass is 32.1. The van der Waals surface area contributed by atoms with Crippen LogP contribution < -0.4 is 0 Å². The van der Waals surface area contributed by atoms with E-state index in [-0.39, 0.29) is 0 Å². The maximum Gasteiger partial charge on any atom is 0.0939 e. The van der Waals surface area contributed by atoms with E-state index in [1.54, 1.807) is 11.3 Å². The summed E-state index contributed by atoms with van der Waals surface area (Å²) in [6.45, 7) is 0. The summed E-state index contributed by atoms with van der Waals surface area (Å²) in [6, 6.07) is 10.4. The molecule has 2 heteroatoms. The normalized spacial score (nSPS) is 23.4.